The van der Waals surface area contributed by atoms with E-state index in [-0.39, 0.29) is 38.5 Å². The van der Waals surface area contributed by atoms with Gasteiger partial charge in [0.25, 0.3) is 0 Å². The number of hydrogen-bond donors (Lipinski definition) is 5. The first kappa shape index (κ1) is 37.2. The minimum absolute atomic E-state index is 0.0186. The van der Waals surface area contributed by atoms with E-state index in [1.54, 1.807) is 60.7 Å². The minimum atomic E-state index is -1.19. The first-order chi connectivity index (χ1) is 24.5. The van der Waals surface area contributed by atoms with Crippen LogP contribution in [0.2, 0.25) is 0 Å². The molecule has 14 heteroatoms. The number of carboxylic acid groups (broad SMARTS) is 1. The summed E-state index contributed by atoms with van der Waals surface area (Å²) >= 11 is 4.80. The summed E-state index contributed by atoms with van der Waals surface area (Å²) in [5.41, 5.74) is 1.78. The number of Topliss-reactive ketones (excluding diaryl/α,β-unsaturated/α-hetero) is 1. The van der Waals surface area contributed by atoms with Gasteiger partial charge in [0.1, 0.15) is 17.8 Å². The van der Waals surface area contributed by atoms with Gasteiger partial charge in [0.05, 0.1) is 18.2 Å². The first-order valence-corrected chi connectivity index (χ1v) is 18.0. The van der Waals surface area contributed by atoms with Gasteiger partial charge in [-0.25, -0.2) is 0 Å². The number of anilines is 1. The van der Waals surface area contributed by atoms with Crippen LogP contribution in [0.15, 0.2) is 93.3 Å². The van der Waals surface area contributed by atoms with Crippen LogP contribution in [-0.2, 0) is 54.5 Å². The second-order valence-electron chi connectivity index (χ2n) is 12.3. The van der Waals surface area contributed by atoms with Crippen LogP contribution in [0.3, 0.4) is 0 Å². The third-order valence-electron chi connectivity index (χ3n) is 8.41. The van der Waals surface area contributed by atoms with E-state index in [1.165, 1.54) is 17.6 Å². The zero-order chi connectivity index (χ0) is 36.3. The molecule has 0 spiro atoms. The summed E-state index contributed by atoms with van der Waals surface area (Å²) in [5, 5.41) is 22.9. The molecule has 2 bridgehead atoms. The Kier molecular flexibility index (Phi) is 12.9. The van der Waals surface area contributed by atoms with Gasteiger partial charge in [-0.3, -0.25) is 28.8 Å². The number of carboxylic acids is 1. The highest BCUT2D eigenvalue weighted by Gasteiger charge is 2.33. The van der Waals surface area contributed by atoms with Crippen molar-refractivity contribution >= 4 is 68.3 Å². The number of thiophene rings is 1. The van der Waals surface area contributed by atoms with E-state index in [2.05, 4.69) is 37.2 Å². The molecular formula is C37H37BrN4O8S. The molecular weight excluding hydrogens is 740 g/mol. The van der Waals surface area contributed by atoms with Gasteiger partial charge in [0.15, 0.2) is 5.78 Å². The van der Waals surface area contributed by atoms with E-state index in [0.29, 0.717) is 22.6 Å². The lowest BCUT2D eigenvalue weighted by Gasteiger charge is -2.26. The molecule has 0 saturated carbocycles. The fourth-order valence-corrected chi connectivity index (χ4v) is 6.70. The van der Waals surface area contributed by atoms with Crippen LogP contribution in [0.25, 0.3) is 0 Å². The van der Waals surface area contributed by atoms with Crippen LogP contribution in [0, 0.1) is 5.92 Å². The van der Waals surface area contributed by atoms with E-state index in [1.807, 2.05) is 17.5 Å². The third-order valence-corrected chi connectivity index (χ3v) is 9.84. The molecule has 0 saturated heterocycles. The number of furan rings is 1. The molecule has 5 N–H and O–H groups in total. The van der Waals surface area contributed by atoms with E-state index < -0.39 is 65.8 Å². The zero-order valence-corrected chi connectivity index (χ0v) is 29.8. The number of fused-ring (bicyclic) bond motifs is 18. The molecule has 4 heterocycles. The molecule has 2 aromatic carbocycles. The Hall–Kier alpha value is -5.08. The van der Waals surface area contributed by atoms with E-state index in [0.717, 1.165) is 9.35 Å². The lowest BCUT2D eigenvalue weighted by molar-refractivity contribution is -0.144. The average molecular weight is 778 g/mol. The van der Waals surface area contributed by atoms with Crippen molar-refractivity contribution in [2.45, 2.75) is 63.1 Å². The number of carbonyl (C=O) groups excluding carboxylic acids is 5. The summed E-state index contributed by atoms with van der Waals surface area (Å²) in [6, 6.07) is 17.2. The molecule has 4 amide bonds. The quantitative estimate of drug-likeness (QED) is 0.173. The summed E-state index contributed by atoms with van der Waals surface area (Å²) in [5.74, 6) is -4.69. The molecule has 0 radical (unpaired) electrons. The SMILES string of the molecule is O=C1CCC(=O)N[C@H](Cc2cccs2)C(=O)N[C@@H](Cc2ccc(Br)cc2)C(=O)N[C@H](Cc2ccco2)C(=O)C[C@@H](C(=O)O)Cc2ccc(cc2)N1. The second kappa shape index (κ2) is 17.7. The molecule has 0 unspecified atom stereocenters. The van der Waals surface area contributed by atoms with Crippen molar-refractivity contribution in [2.75, 3.05) is 5.32 Å². The predicted octanol–water partition coefficient (Wildman–Crippen LogP) is 4.22. The monoisotopic (exact) mass is 776 g/mol. The number of amides is 4. The first-order valence-electron chi connectivity index (χ1n) is 16.4. The Morgan fingerprint density at radius 3 is 2.10 bits per heavy atom. The normalized spacial score (nSPS) is 21.2. The number of ketones is 1. The van der Waals surface area contributed by atoms with Crippen LogP contribution < -0.4 is 21.3 Å². The van der Waals surface area contributed by atoms with Crippen LogP contribution in [0.5, 0.6) is 0 Å². The summed E-state index contributed by atoms with van der Waals surface area (Å²) in [4.78, 5) is 80.8. The largest absolute Gasteiger partial charge is 0.481 e. The van der Waals surface area contributed by atoms with Gasteiger partial charge < -0.3 is 30.8 Å². The van der Waals surface area contributed by atoms with Crippen molar-refractivity contribution < 1.29 is 38.3 Å². The summed E-state index contributed by atoms with van der Waals surface area (Å²) < 4.78 is 6.29. The lowest BCUT2D eigenvalue weighted by atomic mass is 9.91. The van der Waals surface area contributed by atoms with Crippen molar-refractivity contribution in [2.24, 2.45) is 5.92 Å². The Labute approximate surface area is 306 Å². The second-order valence-corrected chi connectivity index (χ2v) is 14.2. The maximum Gasteiger partial charge on any atom is 0.307 e. The Morgan fingerprint density at radius 2 is 1.45 bits per heavy atom. The number of rotatable bonds is 7. The van der Waals surface area contributed by atoms with Crippen molar-refractivity contribution in [3.05, 3.63) is 111 Å². The molecule has 266 valence electrons. The lowest BCUT2D eigenvalue weighted by Crippen LogP contribution is -2.57. The van der Waals surface area contributed by atoms with Crippen LogP contribution in [0.4, 0.5) is 5.69 Å². The van der Waals surface area contributed by atoms with Gasteiger partial charge in [0, 0.05) is 53.6 Å². The van der Waals surface area contributed by atoms with Crippen molar-refractivity contribution in [3.63, 3.8) is 0 Å². The van der Waals surface area contributed by atoms with E-state index >= 15 is 0 Å². The molecule has 4 atom stereocenters. The number of aliphatic carboxylic acids is 1. The molecule has 0 aliphatic carbocycles. The molecule has 2 aromatic heterocycles. The fraction of sp³-hybridized carbons (Fsp3) is 0.297. The highest BCUT2D eigenvalue weighted by atomic mass is 79.9. The number of carbonyl (C=O) groups is 6. The molecule has 2 aliphatic rings. The number of halogens is 1. The third kappa shape index (κ3) is 11.2. The minimum Gasteiger partial charge on any atom is -0.481 e. The Bertz CT molecular complexity index is 1830. The predicted molar refractivity (Wildman–Crippen MR) is 193 cm³/mol. The van der Waals surface area contributed by atoms with Crippen LogP contribution in [0.1, 0.15) is 41.0 Å². The average Bonchev–Trinajstić information content (AvgIpc) is 3.82. The number of nitrogens with one attached hydrogen (secondary N) is 4. The topological polar surface area (TPSA) is 184 Å². The van der Waals surface area contributed by atoms with E-state index in [9.17, 15) is 33.9 Å². The van der Waals surface area contributed by atoms with Crippen molar-refractivity contribution in [3.8, 4) is 0 Å². The van der Waals surface area contributed by atoms with Crippen molar-refractivity contribution in [1.29, 1.82) is 0 Å². The smallest absolute Gasteiger partial charge is 0.307 e. The highest BCUT2D eigenvalue weighted by molar-refractivity contribution is 9.10. The van der Waals surface area contributed by atoms with Gasteiger partial charge in [-0.15, -0.1) is 11.3 Å². The summed E-state index contributed by atoms with van der Waals surface area (Å²) in [6.45, 7) is 0. The molecule has 0 fully saturated rings. The number of hydrogen-bond acceptors (Lipinski definition) is 8. The highest BCUT2D eigenvalue weighted by Crippen LogP contribution is 2.20. The van der Waals surface area contributed by atoms with Crippen molar-refractivity contribution in [1.82, 2.24) is 16.0 Å². The molecule has 6 rings (SSSR count). The Morgan fingerprint density at radius 1 is 0.765 bits per heavy atom. The van der Waals surface area contributed by atoms with Gasteiger partial charge in [-0.1, -0.05) is 46.3 Å². The van der Waals surface area contributed by atoms with Crippen LogP contribution in [-0.4, -0.2) is 58.6 Å². The maximum absolute atomic E-state index is 14.1. The molecule has 12 nitrogen and oxygen atoms in total. The number of benzene rings is 2. The molecule has 4 aromatic rings. The van der Waals surface area contributed by atoms with Crippen LogP contribution >= 0.6 is 27.3 Å². The maximum atomic E-state index is 14.1. The fourth-order valence-electron chi connectivity index (χ4n) is 5.68. The summed E-state index contributed by atoms with van der Waals surface area (Å²) in [7, 11) is 0. The van der Waals surface area contributed by atoms with Gasteiger partial charge in [-0.05, 0) is 65.4 Å². The Balaban J connectivity index is 1.49. The van der Waals surface area contributed by atoms with E-state index in [4.69, 9.17) is 4.42 Å². The van der Waals surface area contributed by atoms with Gasteiger partial charge in [0.2, 0.25) is 23.6 Å². The zero-order valence-electron chi connectivity index (χ0n) is 27.4. The summed E-state index contributed by atoms with van der Waals surface area (Å²) in [6.07, 6.45) is 0.835. The standard InChI is InChI=1S/C37H37BrN4O8S/c38-25-9-5-23(6-10-25)18-30-35(46)41-29(20-27-3-1-15-50-27)32(43)19-24(37(48)49)17-22-7-11-26(12-8-22)39-33(44)13-14-34(45)40-31(36(47)42-30)21-28-4-2-16-51-28/h1-12,15-16,24,29-31H,13-14,17-21H2,(H,39,44)(H,40,45)(H,41,46)(H,42,47)(H,48,49)/t24-,29+,30-,31+/m0/s1. The molecule has 2 aliphatic heterocycles. The molecule has 51 heavy (non-hydrogen) atoms. The van der Waals surface area contributed by atoms with Gasteiger partial charge in [-0.2, -0.15) is 0 Å². The van der Waals surface area contributed by atoms with Gasteiger partial charge >= 0.3 is 5.97 Å².